The average Bonchev–Trinajstić information content (AvgIpc) is 3.14. The standard InChI is InChI=1S/C44H83N3O5/c1-4-6-8-10-12-14-16-18-20-22-25-29-41(3)51-39-37-47(43(49)32-31-42(48)45-33-36-46-34-27-24-28-35-46)38-40-52-44(50)30-26-23-21-19-17-15-13-11-9-7-5-2/h3-40H2,1-2H3,(H,45,48). The van der Waals surface area contributed by atoms with E-state index >= 15 is 0 Å². The maximum atomic E-state index is 13.2. The van der Waals surface area contributed by atoms with E-state index in [1.807, 2.05) is 0 Å². The van der Waals surface area contributed by atoms with Gasteiger partial charge in [-0.25, -0.2) is 0 Å². The topological polar surface area (TPSA) is 88.2 Å². The molecule has 1 aliphatic rings. The lowest BCUT2D eigenvalue weighted by atomic mass is 10.1. The van der Waals surface area contributed by atoms with Crippen molar-refractivity contribution in [3.63, 3.8) is 0 Å². The highest BCUT2D eigenvalue weighted by molar-refractivity contribution is 5.83. The van der Waals surface area contributed by atoms with Crippen molar-refractivity contribution in [1.29, 1.82) is 0 Å². The number of carbonyl (C=O) groups excluding carboxylic acids is 3. The Balaban J connectivity index is 2.32. The molecule has 1 rings (SSSR count). The fourth-order valence-electron chi connectivity index (χ4n) is 7.00. The summed E-state index contributed by atoms with van der Waals surface area (Å²) in [6.07, 6.45) is 33.2. The number of hydrogen-bond donors (Lipinski definition) is 1. The summed E-state index contributed by atoms with van der Waals surface area (Å²) in [5.41, 5.74) is 0. The predicted octanol–water partition coefficient (Wildman–Crippen LogP) is 10.7. The number of nitrogens with zero attached hydrogens (tertiary/aromatic N) is 2. The second-order valence-electron chi connectivity index (χ2n) is 15.3. The zero-order valence-electron chi connectivity index (χ0n) is 34.3. The van der Waals surface area contributed by atoms with E-state index in [1.54, 1.807) is 4.90 Å². The van der Waals surface area contributed by atoms with E-state index in [4.69, 9.17) is 9.47 Å². The summed E-state index contributed by atoms with van der Waals surface area (Å²) in [5, 5.41) is 2.98. The van der Waals surface area contributed by atoms with Gasteiger partial charge < -0.3 is 24.6 Å². The third kappa shape index (κ3) is 30.4. The second-order valence-corrected chi connectivity index (χ2v) is 15.3. The summed E-state index contributed by atoms with van der Waals surface area (Å²) < 4.78 is 11.4. The first-order chi connectivity index (χ1) is 25.5. The molecule has 0 aliphatic carbocycles. The molecule has 0 atom stereocenters. The van der Waals surface area contributed by atoms with Crippen LogP contribution in [0.3, 0.4) is 0 Å². The largest absolute Gasteiger partial charge is 0.497 e. The van der Waals surface area contributed by atoms with Crippen LogP contribution in [0.25, 0.3) is 0 Å². The van der Waals surface area contributed by atoms with Crippen molar-refractivity contribution in [2.24, 2.45) is 0 Å². The second kappa shape index (κ2) is 35.9. The Morgan fingerprint density at radius 1 is 0.577 bits per heavy atom. The molecule has 1 aliphatic heterocycles. The number of nitrogens with one attached hydrogen (secondary N) is 1. The van der Waals surface area contributed by atoms with Crippen molar-refractivity contribution in [3.8, 4) is 0 Å². The van der Waals surface area contributed by atoms with Gasteiger partial charge in [0.25, 0.3) is 0 Å². The molecule has 1 fully saturated rings. The van der Waals surface area contributed by atoms with Crippen LogP contribution < -0.4 is 5.32 Å². The number of rotatable bonds is 37. The van der Waals surface area contributed by atoms with E-state index in [2.05, 4.69) is 30.6 Å². The van der Waals surface area contributed by atoms with Gasteiger partial charge in [0.15, 0.2) is 0 Å². The summed E-state index contributed by atoms with van der Waals surface area (Å²) in [4.78, 5) is 42.2. The van der Waals surface area contributed by atoms with Crippen LogP contribution in [0.2, 0.25) is 0 Å². The fourth-order valence-corrected chi connectivity index (χ4v) is 7.00. The fraction of sp³-hybridized carbons (Fsp3) is 0.886. The highest BCUT2D eigenvalue weighted by Crippen LogP contribution is 2.15. The van der Waals surface area contributed by atoms with Crippen molar-refractivity contribution in [3.05, 3.63) is 12.3 Å². The van der Waals surface area contributed by atoms with E-state index in [1.165, 1.54) is 141 Å². The van der Waals surface area contributed by atoms with Gasteiger partial charge in [-0.05, 0) is 38.8 Å². The Morgan fingerprint density at radius 3 is 1.56 bits per heavy atom. The summed E-state index contributed by atoms with van der Waals surface area (Å²) in [6, 6.07) is 0. The van der Waals surface area contributed by atoms with Gasteiger partial charge in [-0.1, -0.05) is 155 Å². The smallest absolute Gasteiger partial charge is 0.305 e. The minimum Gasteiger partial charge on any atom is -0.497 e. The van der Waals surface area contributed by atoms with Gasteiger partial charge in [0.2, 0.25) is 11.8 Å². The molecule has 2 amide bonds. The quantitative estimate of drug-likeness (QED) is 0.0388. The molecule has 1 saturated heterocycles. The van der Waals surface area contributed by atoms with Crippen LogP contribution in [0.5, 0.6) is 0 Å². The number of allylic oxidation sites excluding steroid dienone is 1. The summed E-state index contributed by atoms with van der Waals surface area (Å²) in [6.45, 7) is 13.5. The number of esters is 1. The van der Waals surface area contributed by atoms with Crippen LogP contribution in [0.4, 0.5) is 0 Å². The molecule has 0 aromatic heterocycles. The van der Waals surface area contributed by atoms with E-state index in [0.29, 0.717) is 32.7 Å². The van der Waals surface area contributed by atoms with E-state index in [0.717, 1.165) is 51.1 Å². The number of piperidine rings is 1. The van der Waals surface area contributed by atoms with Crippen LogP contribution in [-0.4, -0.2) is 80.1 Å². The Labute approximate surface area is 321 Å². The van der Waals surface area contributed by atoms with Gasteiger partial charge in [-0.15, -0.1) is 0 Å². The SMILES string of the molecule is C=C(CCCCCCCCCCCCC)OCCN(CCOC(=O)CCCCCCCCCCCCC)C(=O)CCC(=O)NCCN1CCCCC1. The lowest BCUT2D eigenvalue weighted by molar-refractivity contribution is -0.146. The number of ether oxygens (including phenoxy) is 2. The van der Waals surface area contributed by atoms with Crippen LogP contribution >= 0.6 is 0 Å². The lowest BCUT2D eigenvalue weighted by Crippen LogP contribution is -2.39. The first kappa shape index (κ1) is 47.9. The predicted molar refractivity (Wildman–Crippen MR) is 217 cm³/mol. The van der Waals surface area contributed by atoms with E-state index < -0.39 is 0 Å². The van der Waals surface area contributed by atoms with Crippen LogP contribution in [0, 0.1) is 0 Å². The summed E-state index contributed by atoms with van der Waals surface area (Å²) in [5.74, 6) is 0.343. The highest BCUT2D eigenvalue weighted by Gasteiger charge is 2.17. The molecule has 0 aromatic rings. The van der Waals surface area contributed by atoms with Gasteiger partial charge in [0, 0.05) is 38.8 Å². The van der Waals surface area contributed by atoms with Crippen LogP contribution in [-0.2, 0) is 23.9 Å². The molecular formula is C44H83N3O5. The Hall–Kier alpha value is -2.09. The van der Waals surface area contributed by atoms with Gasteiger partial charge in [-0.2, -0.15) is 0 Å². The molecule has 1 N–H and O–H groups in total. The van der Waals surface area contributed by atoms with Crippen molar-refractivity contribution in [1.82, 2.24) is 15.1 Å². The number of likely N-dealkylation sites (tertiary alicyclic amines) is 1. The van der Waals surface area contributed by atoms with Gasteiger partial charge in [0.05, 0.1) is 18.8 Å². The van der Waals surface area contributed by atoms with E-state index in [9.17, 15) is 14.4 Å². The lowest BCUT2D eigenvalue weighted by Gasteiger charge is -2.26. The highest BCUT2D eigenvalue weighted by atomic mass is 16.5. The van der Waals surface area contributed by atoms with Gasteiger partial charge in [0.1, 0.15) is 13.2 Å². The molecule has 304 valence electrons. The molecule has 0 unspecified atom stereocenters. The molecule has 8 heteroatoms. The zero-order valence-corrected chi connectivity index (χ0v) is 34.3. The normalized spacial score (nSPS) is 13.2. The molecule has 0 bridgehead atoms. The maximum absolute atomic E-state index is 13.2. The molecule has 0 radical (unpaired) electrons. The molecular weight excluding hydrogens is 651 g/mol. The van der Waals surface area contributed by atoms with Gasteiger partial charge in [-0.3, -0.25) is 14.4 Å². The Morgan fingerprint density at radius 2 is 1.04 bits per heavy atom. The number of unbranched alkanes of at least 4 members (excludes halogenated alkanes) is 20. The average molecular weight is 734 g/mol. The van der Waals surface area contributed by atoms with E-state index in [-0.39, 0.29) is 37.2 Å². The molecule has 0 aromatic carbocycles. The number of hydrogen-bond acceptors (Lipinski definition) is 6. The van der Waals surface area contributed by atoms with Crippen molar-refractivity contribution in [2.45, 2.75) is 200 Å². The van der Waals surface area contributed by atoms with Crippen molar-refractivity contribution >= 4 is 17.8 Å². The van der Waals surface area contributed by atoms with Crippen LogP contribution in [0.15, 0.2) is 12.3 Å². The Kier molecular flexibility index (Phi) is 33.1. The summed E-state index contributed by atoms with van der Waals surface area (Å²) >= 11 is 0. The summed E-state index contributed by atoms with van der Waals surface area (Å²) in [7, 11) is 0. The molecule has 0 saturated carbocycles. The monoisotopic (exact) mass is 734 g/mol. The molecule has 0 spiro atoms. The third-order valence-corrected chi connectivity index (χ3v) is 10.5. The minimum absolute atomic E-state index is 0.0969. The maximum Gasteiger partial charge on any atom is 0.305 e. The minimum atomic E-state index is -0.201. The van der Waals surface area contributed by atoms with Crippen molar-refractivity contribution in [2.75, 3.05) is 52.5 Å². The molecule has 52 heavy (non-hydrogen) atoms. The first-order valence-electron chi connectivity index (χ1n) is 22.2. The number of carbonyl (C=O) groups is 3. The Bertz CT molecular complexity index is 832. The first-order valence-corrected chi connectivity index (χ1v) is 22.2. The van der Waals surface area contributed by atoms with Crippen molar-refractivity contribution < 1.29 is 23.9 Å². The zero-order chi connectivity index (χ0) is 37.7. The third-order valence-electron chi connectivity index (χ3n) is 10.5. The van der Waals surface area contributed by atoms with Gasteiger partial charge >= 0.3 is 5.97 Å². The number of amides is 2. The molecule has 8 nitrogen and oxygen atoms in total. The molecule has 1 heterocycles. The van der Waals surface area contributed by atoms with Crippen LogP contribution in [0.1, 0.15) is 200 Å².